The Labute approximate surface area is 387 Å². The highest BCUT2D eigenvalue weighted by Gasteiger charge is 2.70. The second-order valence-corrected chi connectivity index (χ2v) is 23.6. The van der Waals surface area contributed by atoms with E-state index in [9.17, 15) is 61.0 Å². The first kappa shape index (κ1) is 50.9. The van der Waals surface area contributed by atoms with Gasteiger partial charge < -0.3 is 84.6 Å². The summed E-state index contributed by atoms with van der Waals surface area (Å²) in [5.74, 6) is -1.16. The largest absolute Gasteiger partial charge is 0.479 e. The van der Waals surface area contributed by atoms with Crippen LogP contribution in [0.2, 0.25) is 0 Å². The maximum atomic E-state index is 12.5. The quantitative estimate of drug-likeness (QED) is 0.112. The maximum Gasteiger partial charge on any atom is 0.335 e. The Morgan fingerprint density at radius 1 is 0.667 bits per heavy atom. The molecule has 3 aliphatic heterocycles. The van der Waals surface area contributed by atoms with Crippen LogP contribution in [0.3, 0.4) is 0 Å². The normalized spacial score (nSPS) is 55.9. The fourth-order valence-corrected chi connectivity index (χ4v) is 15.1. The van der Waals surface area contributed by atoms with Gasteiger partial charge in [0.05, 0.1) is 31.5 Å². The van der Waals surface area contributed by atoms with Gasteiger partial charge in [0, 0.05) is 10.8 Å². The summed E-state index contributed by atoms with van der Waals surface area (Å²) in [5.41, 5.74) is -0.0545. The van der Waals surface area contributed by atoms with Gasteiger partial charge in [-0.1, -0.05) is 60.1 Å². The molecule has 66 heavy (non-hydrogen) atoms. The van der Waals surface area contributed by atoms with E-state index in [-0.39, 0.29) is 57.5 Å². The van der Waals surface area contributed by atoms with Crippen molar-refractivity contribution in [1.29, 1.82) is 0 Å². The Morgan fingerprint density at radius 3 is 1.94 bits per heavy atom. The first-order valence-electron chi connectivity index (χ1n) is 24.3. The molecule has 3 heterocycles. The lowest BCUT2D eigenvalue weighted by Gasteiger charge is -2.72. The van der Waals surface area contributed by atoms with Crippen LogP contribution in [0.25, 0.3) is 0 Å². The molecular formula is C48H78O18. The van der Waals surface area contributed by atoms with Crippen molar-refractivity contribution in [3.05, 3.63) is 11.6 Å². The SMILES string of the molecule is CC1O[C@@H](O[C@H]2C(O)[C@@H](O)C(CO)O[C@H]2O[C@H]2C(O)[C@@H](O)C(C(=O)O)O[C@H]2OC2CCC3(C)C4CC=C5C6CC(C)(C)CC(O)C6(C)CC[C@@]5(C)C4(C)CCC3[C@@]2(C)CO)[C@@H](O)C(O)[C@H]1O. The number of ether oxygens (including phenoxy) is 6. The number of fused-ring (bicyclic) bond motifs is 7. The molecule has 18 nitrogen and oxygen atoms in total. The number of hydrogen-bond acceptors (Lipinski definition) is 17. The molecule has 4 saturated carbocycles. The van der Waals surface area contributed by atoms with Crippen molar-refractivity contribution in [1.82, 2.24) is 0 Å². The summed E-state index contributed by atoms with van der Waals surface area (Å²) in [6.45, 7) is 16.3. The highest BCUT2D eigenvalue weighted by Crippen LogP contribution is 2.76. The molecule has 8 aliphatic rings. The molecule has 378 valence electrons. The van der Waals surface area contributed by atoms with Gasteiger partial charge in [0.15, 0.2) is 25.0 Å². The van der Waals surface area contributed by atoms with Crippen LogP contribution < -0.4 is 0 Å². The van der Waals surface area contributed by atoms with Gasteiger partial charge in [-0.3, -0.25) is 0 Å². The molecule has 0 bridgehead atoms. The number of aliphatic hydroxyl groups is 10. The summed E-state index contributed by atoms with van der Waals surface area (Å²) in [7, 11) is 0. The molecule has 25 atom stereocenters. The highest BCUT2D eigenvalue weighted by atomic mass is 16.8. The van der Waals surface area contributed by atoms with Gasteiger partial charge in [0.25, 0.3) is 0 Å². The molecule has 0 aromatic rings. The van der Waals surface area contributed by atoms with Crippen molar-refractivity contribution >= 4 is 5.97 Å². The zero-order chi connectivity index (χ0) is 48.4. The summed E-state index contributed by atoms with van der Waals surface area (Å²) in [6.07, 6.45) is -17.6. The van der Waals surface area contributed by atoms with E-state index in [0.717, 1.165) is 44.9 Å². The predicted molar refractivity (Wildman–Crippen MR) is 231 cm³/mol. The zero-order valence-corrected chi connectivity index (χ0v) is 39.7. The van der Waals surface area contributed by atoms with Crippen LogP contribution in [-0.2, 0) is 33.2 Å². The molecule has 0 aromatic heterocycles. The summed E-state index contributed by atoms with van der Waals surface area (Å²) in [5, 5.41) is 120. The van der Waals surface area contributed by atoms with Crippen molar-refractivity contribution in [2.24, 2.45) is 50.2 Å². The van der Waals surface area contributed by atoms with E-state index in [4.69, 9.17) is 28.4 Å². The Bertz CT molecular complexity index is 1820. The van der Waals surface area contributed by atoms with E-state index >= 15 is 0 Å². The third-order valence-corrected chi connectivity index (χ3v) is 19.5. The van der Waals surface area contributed by atoms with Crippen molar-refractivity contribution < 1.29 is 89.4 Å². The molecule has 0 radical (unpaired) electrons. The third kappa shape index (κ3) is 7.78. The first-order valence-corrected chi connectivity index (χ1v) is 24.3. The Morgan fingerprint density at radius 2 is 1.30 bits per heavy atom. The van der Waals surface area contributed by atoms with Gasteiger partial charge in [-0.05, 0) is 104 Å². The fourth-order valence-electron chi connectivity index (χ4n) is 15.1. The number of rotatable bonds is 9. The number of hydrogen-bond donors (Lipinski definition) is 11. The number of allylic oxidation sites excluding steroid dienone is 2. The molecule has 0 spiro atoms. The second-order valence-electron chi connectivity index (χ2n) is 23.6. The summed E-state index contributed by atoms with van der Waals surface area (Å²) in [6, 6.07) is 0. The molecule has 8 rings (SSSR count). The van der Waals surface area contributed by atoms with Crippen LogP contribution >= 0.6 is 0 Å². The molecular weight excluding hydrogens is 865 g/mol. The Kier molecular flexibility index (Phi) is 13.7. The summed E-state index contributed by atoms with van der Waals surface area (Å²) >= 11 is 0. The fraction of sp³-hybridized carbons (Fsp3) is 0.938. The standard InChI is InChI=1S/C48H78O18/c1-21-29(52)31(54)35(58)40(61-21)65-37-32(55)30(53)24(19-49)62-41(37)66-38-34(57)33(56)36(39(59)60)64-42(38)63-28-12-13-45(5)25(46(28,6)20-50)11-14-48(8)26(45)10-9-22-23-17-43(2,3)18-27(51)44(23,4)15-16-47(22,48)7/h9,21,23-38,40-42,49-58H,10-20H2,1-8H3,(H,59,60)/t21?,23?,24?,25?,26?,27?,28?,29-,30-,31?,32?,33+,34?,35-,36?,37-,38-,40-,41-,42+,44?,45?,46+,47+,48?/m0/s1. The number of aliphatic hydroxyl groups excluding tert-OH is 10. The number of carbonyl (C=O) groups is 1. The molecule has 0 aromatic carbocycles. The van der Waals surface area contributed by atoms with Gasteiger partial charge in [0.2, 0.25) is 0 Å². The molecule has 7 fully saturated rings. The summed E-state index contributed by atoms with van der Waals surface area (Å²) in [4.78, 5) is 12.5. The third-order valence-electron chi connectivity index (χ3n) is 19.5. The molecule has 0 amide bonds. The van der Waals surface area contributed by atoms with Gasteiger partial charge in [-0.15, -0.1) is 0 Å². The molecule has 14 unspecified atom stereocenters. The topological polar surface area (TPSA) is 295 Å². The molecule has 3 saturated heterocycles. The van der Waals surface area contributed by atoms with E-state index in [2.05, 4.69) is 47.6 Å². The zero-order valence-electron chi connectivity index (χ0n) is 39.7. The van der Waals surface area contributed by atoms with Gasteiger partial charge in [0.1, 0.15) is 61.0 Å². The van der Waals surface area contributed by atoms with E-state index in [1.807, 2.05) is 6.92 Å². The smallest absolute Gasteiger partial charge is 0.335 e. The lowest BCUT2D eigenvalue weighted by molar-refractivity contribution is -0.396. The molecule has 11 N–H and O–H groups in total. The van der Waals surface area contributed by atoms with Crippen molar-refractivity contribution in [2.45, 2.75) is 218 Å². The minimum Gasteiger partial charge on any atom is -0.479 e. The predicted octanol–water partition coefficient (Wildman–Crippen LogP) is 0.705. The van der Waals surface area contributed by atoms with Crippen LogP contribution in [0.15, 0.2) is 11.6 Å². The van der Waals surface area contributed by atoms with Crippen LogP contribution in [0.5, 0.6) is 0 Å². The minimum atomic E-state index is -2.07. The van der Waals surface area contributed by atoms with Crippen molar-refractivity contribution in [2.75, 3.05) is 13.2 Å². The van der Waals surface area contributed by atoms with Gasteiger partial charge >= 0.3 is 5.97 Å². The highest BCUT2D eigenvalue weighted by molar-refractivity contribution is 5.73. The van der Waals surface area contributed by atoms with E-state index in [0.29, 0.717) is 12.8 Å². The van der Waals surface area contributed by atoms with Crippen LogP contribution in [0.4, 0.5) is 0 Å². The van der Waals surface area contributed by atoms with Crippen molar-refractivity contribution in [3.63, 3.8) is 0 Å². The van der Waals surface area contributed by atoms with Crippen LogP contribution in [0, 0.1) is 50.2 Å². The number of aliphatic carboxylic acids is 1. The Balaban J connectivity index is 1.08. The van der Waals surface area contributed by atoms with E-state index in [1.165, 1.54) is 12.5 Å². The van der Waals surface area contributed by atoms with Gasteiger partial charge in [-0.25, -0.2) is 4.79 Å². The van der Waals surface area contributed by atoms with Crippen LogP contribution in [0.1, 0.15) is 113 Å². The van der Waals surface area contributed by atoms with E-state index in [1.54, 1.807) is 0 Å². The lowest BCUT2D eigenvalue weighted by atomic mass is 9.33. The summed E-state index contributed by atoms with van der Waals surface area (Å²) < 4.78 is 36.2. The van der Waals surface area contributed by atoms with Crippen LogP contribution in [-0.4, -0.2) is 180 Å². The minimum absolute atomic E-state index is 0.0166. The second kappa shape index (κ2) is 17.7. The average molecular weight is 943 g/mol. The monoisotopic (exact) mass is 943 g/mol. The van der Waals surface area contributed by atoms with E-state index < -0.39 is 116 Å². The molecule has 5 aliphatic carbocycles. The Hall–Kier alpha value is -1.43. The van der Waals surface area contributed by atoms with Gasteiger partial charge in [-0.2, -0.15) is 0 Å². The first-order chi connectivity index (χ1) is 30.7. The maximum absolute atomic E-state index is 12.5. The molecule has 18 heteroatoms. The lowest BCUT2D eigenvalue weighted by Crippen LogP contribution is -2.68. The number of carboxylic acid groups (broad SMARTS) is 1. The average Bonchev–Trinajstić information content (AvgIpc) is 3.25. The number of carboxylic acids is 1. The van der Waals surface area contributed by atoms with Crippen molar-refractivity contribution in [3.8, 4) is 0 Å².